The Bertz CT molecular complexity index is 725. The summed E-state index contributed by atoms with van der Waals surface area (Å²) in [5.74, 6) is 0. The van der Waals surface area contributed by atoms with Gasteiger partial charge in [0.25, 0.3) is 0 Å². The maximum absolute atomic E-state index is 5.57. The zero-order chi connectivity index (χ0) is 19.8. The highest BCUT2D eigenvalue weighted by Crippen LogP contribution is 2.49. The molecule has 1 N–H and O–H groups in total. The molecule has 1 aromatic rings. The summed E-state index contributed by atoms with van der Waals surface area (Å²) in [6.07, 6.45) is 4.96. The molecule has 2 aliphatic heterocycles. The van der Waals surface area contributed by atoms with Crippen molar-refractivity contribution in [3.8, 4) is 0 Å². The Morgan fingerprint density at radius 2 is 1.64 bits per heavy atom. The zero-order valence-electron chi connectivity index (χ0n) is 18.2. The normalized spacial score (nSPS) is 24.8. The van der Waals surface area contributed by atoms with E-state index in [1.165, 1.54) is 28.9 Å². The minimum Gasteiger partial charge on any atom is -0.378 e. The van der Waals surface area contributed by atoms with Crippen LogP contribution in [0, 0.1) is 10.8 Å². The topological polar surface area (TPSA) is 27.7 Å². The number of ether oxygens (including phenoxy) is 1. The largest absolute Gasteiger partial charge is 0.378 e. The third-order valence-electron chi connectivity index (χ3n) is 6.33. The molecule has 28 heavy (non-hydrogen) atoms. The van der Waals surface area contributed by atoms with Crippen molar-refractivity contribution in [2.24, 2.45) is 10.8 Å². The first-order chi connectivity index (χ1) is 13.3. The van der Waals surface area contributed by atoms with E-state index in [0.29, 0.717) is 5.41 Å². The SMILES string of the molecule is CC1(C)C=C(c2cc(N3CCOCC3)ccc2N2CCNCC2)CC(C)(C)C1. The average Bonchev–Trinajstić information content (AvgIpc) is 2.66. The van der Waals surface area contributed by atoms with Crippen molar-refractivity contribution in [3.63, 3.8) is 0 Å². The van der Waals surface area contributed by atoms with Gasteiger partial charge in [-0.1, -0.05) is 33.8 Å². The van der Waals surface area contributed by atoms with Gasteiger partial charge in [-0.15, -0.1) is 0 Å². The van der Waals surface area contributed by atoms with E-state index in [1.807, 2.05) is 0 Å². The van der Waals surface area contributed by atoms with E-state index in [4.69, 9.17) is 4.74 Å². The molecule has 154 valence electrons. The number of rotatable bonds is 3. The molecule has 1 aliphatic carbocycles. The molecule has 0 atom stereocenters. The number of nitrogens with one attached hydrogen (secondary N) is 1. The quantitative estimate of drug-likeness (QED) is 0.848. The predicted molar refractivity (Wildman–Crippen MR) is 119 cm³/mol. The predicted octanol–water partition coefficient (Wildman–Crippen LogP) is 4.16. The first-order valence-electron chi connectivity index (χ1n) is 11.0. The molecule has 0 bridgehead atoms. The van der Waals surface area contributed by atoms with Crippen LogP contribution in [-0.4, -0.2) is 52.5 Å². The van der Waals surface area contributed by atoms with Gasteiger partial charge in [0.1, 0.15) is 0 Å². The summed E-state index contributed by atoms with van der Waals surface area (Å²) < 4.78 is 5.57. The number of anilines is 2. The number of piperazine rings is 1. The molecular formula is C24H37N3O. The first kappa shape index (κ1) is 19.8. The fourth-order valence-electron chi connectivity index (χ4n) is 5.54. The molecule has 0 radical (unpaired) electrons. The number of allylic oxidation sites excluding steroid dienone is 2. The summed E-state index contributed by atoms with van der Waals surface area (Å²) in [5, 5.41) is 3.49. The number of benzene rings is 1. The molecule has 2 heterocycles. The van der Waals surface area contributed by atoms with Crippen LogP contribution in [0.2, 0.25) is 0 Å². The molecule has 0 saturated carbocycles. The van der Waals surface area contributed by atoms with Gasteiger partial charge >= 0.3 is 0 Å². The highest BCUT2D eigenvalue weighted by atomic mass is 16.5. The molecule has 0 spiro atoms. The Balaban J connectivity index is 1.76. The molecule has 4 nitrogen and oxygen atoms in total. The van der Waals surface area contributed by atoms with Gasteiger partial charge in [0.2, 0.25) is 0 Å². The molecule has 0 amide bonds. The van der Waals surface area contributed by atoms with E-state index in [1.54, 1.807) is 0 Å². The van der Waals surface area contributed by atoms with Crippen LogP contribution < -0.4 is 15.1 Å². The number of morpholine rings is 1. The van der Waals surface area contributed by atoms with Crippen molar-refractivity contribution in [2.75, 3.05) is 62.3 Å². The maximum atomic E-state index is 5.57. The van der Waals surface area contributed by atoms with Crippen molar-refractivity contribution in [3.05, 3.63) is 29.8 Å². The van der Waals surface area contributed by atoms with Gasteiger partial charge in [-0.2, -0.15) is 0 Å². The van der Waals surface area contributed by atoms with E-state index in [9.17, 15) is 0 Å². The molecule has 2 saturated heterocycles. The van der Waals surface area contributed by atoms with Crippen LogP contribution in [0.5, 0.6) is 0 Å². The first-order valence-corrected chi connectivity index (χ1v) is 11.0. The van der Waals surface area contributed by atoms with Crippen LogP contribution in [0.1, 0.15) is 46.1 Å². The molecule has 1 aromatic carbocycles. The lowest BCUT2D eigenvalue weighted by Crippen LogP contribution is -2.44. The van der Waals surface area contributed by atoms with Crippen LogP contribution >= 0.6 is 0 Å². The summed E-state index contributed by atoms with van der Waals surface area (Å²) in [6, 6.07) is 7.17. The minimum absolute atomic E-state index is 0.243. The Hall–Kier alpha value is -1.52. The van der Waals surface area contributed by atoms with E-state index in [2.05, 4.69) is 67.1 Å². The van der Waals surface area contributed by atoms with Gasteiger partial charge in [0, 0.05) is 56.2 Å². The van der Waals surface area contributed by atoms with Gasteiger partial charge < -0.3 is 19.9 Å². The molecule has 3 aliphatic rings. The Morgan fingerprint density at radius 3 is 2.32 bits per heavy atom. The van der Waals surface area contributed by atoms with E-state index < -0.39 is 0 Å². The van der Waals surface area contributed by atoms with Crippen LogP contribution in [0.15, 0.2) is 24.3 Å². The second-order valence-corrected chi connectivity index (χ2v) is 10.2. The van der Waals surface area contributed by atoms with Gasteiger partial charge in [-0.25, -0.2) is 0 Å². The minimum atomic E-state index is 0.243. The highest BCUT2D eigenvalue weighted by molar-refractivity contribution is 5.81. The second-order valence-electron chi connectivity index (χ2n) is 10.2. The summed E-state index contributed by atoms with van der Waals surface area (Å²) in [5.41, 5.74) is 6.32. The van der Waals surface area contributed by atoms with Gasteiger partial charge in [0.05, 0.1) is 13.2 Å². The van der Waals surface area contributed by atoms with Crippen molar-refractivity contribution in [2.45, 2.75) is 40.5 Å². The number of hydrogen-bond donors (Lipinski definition) is 1. The average molecular weight is 384 g/mol. The number of hydrogen-bond acceptors (Lipinski definition) is 4. The fraction of sp³-hybridized carbons (Fsp3) is 0.667. The lowest BCUT2D eigenvalue weighted by Gasteiger charge is -2.41. The summed E-state index contributed by atoms with van der Waals surface area (Å²) in [7, 11) is 0. The summed E-state index contributed by atoms with van der Waals surface area (Å²) in [4.78, 5) is 5.05. The third-order valence-corrected chi connectivity index (χ3v) is 6.33. The van der Waals surface area contributed by atoms with E-state index >= 15 is 0 Å². The summed E-state index contributed by atoms with van der Waals surface area (Å²) >= 11 is 0. The zero-order valence-corrected chi connectivity index (χ0v) is 18.2. The van der Waals surface area contributed by atoms with Crippen molar-refractivity contribution >= 4 is 16.9 Å². The Morgan fingerprint density at radius 1 is 0.929 bits per heavy atom. The van der Waals surface area contributed by atoms with Gasteiger partial charge in [-0.3, -0.25) is 0 Å². The third kappa shape index (κ3) is 4.38. The smallest absolute Gasteiger partial charge is 0.0642 e. The van der Waals surface area contributed by atoms with Crippen LogP contribution in [0.3, 0.4) is 0 Å². The fourth-order valence-corrected chi connectivity index (χ4v) is 5.54. The second kappa shape index (κ2) is 7.72. The molecule has 0 unspecified atom stereocenters. The summed E-state index contributed by atoms with van der Waals surface area (Å²) in [6.45, 7) is 17.6. The molecule has 0 aromatic heterocycles. The van der Waals surface area contributed by atoms with Gasteiger partial charge in [-0.05, 0) is 47.4 Å². The Labute approximate surface area is 170 Å². The molecular weight excluding hydrogens is 346 g/mol. The van der Waals surface area contributed by atoms with Crippen molar-refractivity contribution in [1.29, 1.82) is 0 Å². The van der Waals surface area contributed by atoms with E-state index in [-0.39, 0.29) is 5.41 Å². The van der Waals surface area contributed by atoms with Crippen LogP contribution in [-0.2, 0) is 4.74 Å². The Kier molecular flexibility index (Phi) is 5.45. The standard InChI is InChI=1S/C24H37N3O/c1-23(2)16-19(17-24(3,4)18-23)21-15-20(26-11-13-28-14-12-26)5-6-22(21)27-9-7-25-8-10-27/h5-6,15-16,25H,7-14,17-18H2,1-4H3. The number of nitrogens with zero attached hydrogens (tertiary/aromatic N) is 2. The molecule has 2 fully saturated rings. The van der Waals surface area contributed by atoms with Crippen molar-refractivity contribution in [1.82, 2.24) is 5.32 Å². The van der Waals surface area contributed by atoms with Crippen molar-refractivity contribution < 1.29 is 4.74 Å². The molecule has 4 heteroatoms. The lowest BCUT2D eigenvalue weighted by molar-refractivity contribution is 0.122. The van der Waals surface area contributed by atoms with E-state index in [0.717, 1.165) is 58.9 Å². The van der Waals surface area contributed by atoms with Gasteiger partial charge in [0.15, 0.2) is 0 Å². The highest BCUT2D eigenvalue weighted by Gasteiger charge is 2.34. The lowest BCUT2D eigenvalue weighted by atomic mass is 9.65. The molecule has 4 rings (SSSR count). The van der Waals surface area contributed by atoms with Crippen LogP contribution in [0.25, 0.3) is 5.57 Å². The maximum Gasteiger partial charge on any atom is 0.0642 e. The monoisotopic (exact) mass is 383 g/mol. The van der Waals surface area contributed by atoms with Crippen LogP contribution in [0.4, 0.5) is 11.4 Å².